The van der Waals surface area contributed by atoms with E-state index in [0.29, 0.717) is 40.5 Å². The van der Waals surface area contributed by atoms with E-state index in [4.69, 9.17) is 11.6 Å². The quantitative estimate of drug-likeness (QED) is 0.508. The molecule has 0 fully saturated rings. The molecule has 3 aromatic rings. The van der Waals surface area contributed by atoms with Crippen LogP contribution in [0.5, 0.6) is 0 Å². The highest BCUT2D eigenvalue weighted by Gasteiger charge is 2.09. The van der Waals surface area contributed by atoms with Crippen LogP contribution in [0.3, 0.4) is 0 Å². The van der Waals surface area contributed by atoms with E-state index in [2.05, 4.69) is 16.0 Å². The highest BCUT2D eigenvalue weighted by molar-refractivity contribution is 6.30. The van der Waals surface area contributed by atoms with E-state index in [9.17, 15) is 14.4 Å². The molecule has 0 spiro atoms. The van der Waals surface area contributed by atoms with Crippen molar-refractivity contribution < 1.29 is 14.4 Å². The maximum absolute atomic E-state index is 12.2. The summed E-state index contributed by atoms with van der Waals surface area (Å²) in [5, 5.41) is 8.81. The largest absolute Gasteiger partial charge is 0.350 e. The van der Waals surface area contributed by atoms with Gasteiger partial charge in [0.25, 0.3) is 17.7 Å². The third-order valence-electron chi connectivity index (χ3n) is 4.24. The molecule has 0 bridgehead atoms. The van der Waals surface area contributed by atoms with Gasteiger partial charge in [-0.2, -0.15) is 0 Å². The van der Waals surface area contributed by atoms with Crippen molar-refractivity contribution in [2.45, 2.75) is 0 Å². The number of nitrogens with one attached hydrogen (secondary N) is 3. The predicted octanol–water partition coefficient (Wildman–Crippen LogP) is 3.75. The predicted molar refractivity (Wildman–Crippen MR) is 117 cm³/mol. The van der Waals surface area contributed by atoms with E-state index in [1.54, 1.807) is 72.8 Å². The first-order valence-electron chi connectivity index (χ1n) is 9.31. The summed E-state index contributed by atoms with van der Waals surface area (Å²) in [4.78, 5) is 36.4. The van der Waals surface area contributed by atoms with Crippen LogP contribution in [0.15, 0.2) is 78.9 Å². The molecule has 3 N–H and O–H groups in total. The van der Waals surface area contributed by atoms with Crippen LogP contribution in [0.2, 0.25) is 5.02 Å². The Balaban J connectivity index is 1.45. The Morgan fingerprint density at radius 3 is 1.63 bits per heavy atom. The van der Waals surface area contributed by atoms with Gasteiger partial charge in [-0.1, -0.05) is 29.8 Å². The van der Waals surface area contributed by atoms with E-state index in [1.807, 2.05) is 6.07 Å². The Morgan fingerprint density at radius 2 is 1.07 bits per heavy atom. The molecule has 0 saturated carbocycles. The maximum atomic E-state index is 12.2. The molecule has 0 atom stereocenters. The van der Waals surface area contributed by atoms with Crippen LogP contribution in [0.1, 0.15) is 31.1 Å². The second-order valence-corrected chi connectivity index (χ2v) is 6.85. The zero-order valence-electron chi connectivity index (χ0n) is 16.0. The van der Waals surface area contributed by atoms with Gasteiger partial charge >= 0.3 is 0 Å². The molecule has 7 heteroatoms. The molecule has 0 aliphatic rings. The van der Waals surface area contributed by atoms with Gasteiger partial charge in [0, 0.05) is 40.5 Å². The number of hydrogen-bond acceptors (Lipinski definition) is 3. The number of rotatable bonds is 7. The van der Waals surface area contributed by atoms with Gasteiger partial charge in [0.05, 0.1) is 0 Å². The molecule has 0 unspecified atom stereocenters. The summed E-state index contributed by atoms with van der Waals surface area (Å²) in [6.45, 7) is 0.612. The lowest BCUT2D eigenvalue weighted by Crippen LogP contribution is -2.34. The minimum Gasteiger partial charge on any atom is -0.350 e. The zero-order valence-corrected chi connectivity index (χ0v) is 16.8. The molecule has 3 rings (SSSR count). The van der Waals surface area contributed by atoms with E-state index < -0.39 is 0 Å². The maximum Gasteiger partial charge on any atom is 0.255 e. The van der Waals surface area contributed by atoms with Crippen LogP contribution in [0.4, 0.5) is 5.69 Å². The lowest BCUT2D eigenvalue weighted by Gasteiger charge is -2.09. The number of hydrogen-bond donors (Lipinski definition) is 3. The smallest absolute Gasteiger partial charge is 0.255 e. The summed E-state index contributed by atoms with van der Waals surface area (Å²) < 4.78 is 0. The monoisotopic (exact) mass is 421 g/mol. The molecule has 152 valence electrons. The van der Waals surface area contributed by atoms with Gasteiger partial charge in [0.15, 0.2) is 0 Å². The summed E-state index contributed by atoms with van der Waals surface area (Å²) in [7, 11) is 0. The third-order valence-corrected chi connectivity index (χ3v) is 4.50. The van der Waals surface area contributed by atoms with E-state index >= 15 is 0 Å². The number of carbonyl (C=O) groups is 3. The first-order chi connectivity index (χ1) is 14.5. The third kappa shape index (κ3) is 5.93. The topological polar surface area (TPSA) is 87.3 Å². The average Bonchev–Trinajstić information content (AvgIpc) is 2.78. The second kappa shape index (κ2) is 10.2. The van der Waals surface area contributed by atoms with Crippen LogP contribution < -0.4 is 16.0 Å². The fourth-order valence-electron chi connectivity index (χ4n) is 2.66. The number of carbonyl (C=O) groups excluding carboxylic acids is 3. The number of halogens is 1. The van der Waals surface area contributed by atoms with E-state index in [0.717, 1.165) is 0 Å². The number of amides is 3. The Kier molecular flexibility index (Phi) is 7.19. The number of benzene rings is 3. The molecule has 30 heavy (non-hydrogen) atoms. The molecule has 0 aromatic heterocycles. The van der Waals surface area contributed by atoms with Crippen molar-refractivity contribution in [2.75, 3.05) is 18.4 Å². The lowest BCUT2D eigenvalue weighted by atomic mass is 10.1. The van der Waals surface area contributed by atoms with Crippen molar-refractivity contribution in [1.82, 2.24) is 10.6 Å². The van der Waals surface area contributed by atoms with Crippen molar-refractivity contribution in [1.29, 1.82) is 0 Å². The fraction of sp³-hybridized carbons (Fsp3) is 0.0870. The summed E-state index contributed by atoms with van der Waals surface area (Å²) in [5.41, 5.74) is 2.08. The summed E-state index contributed by atoms with van der Waals surface area (Å²) in [6, 6.07) is 22.0. The molecule has 0 radical (unpaired) electrons. The van der Waals surface area contributed by atoms with Crippen molar-refractivity contribution >= 4 is 35.0 Å². The molecule has 0 aliphatic heterocycles. The fourth-order valence-corrected chi connectivity index (χ4v) is 2.78. The first-order valence-corrected chi connectivity index (χ1v) is 9.69. The van der Waals surface area contributed by atoms with Gasteiger partial charge < -0.3 is 16.0 Å². The van der Waals surface area contributed by atoms with Gasteiger partial charge in [-0.25, -0.2) is 0 Å². The average molecular weight is 422 g/mol. The molecule has 3 amide bonds. The van der Waals surface area contributed by atoms with Crippen LogP contribution in [0, 0.1) is 0 Å². The normalized spacial score (nSPS) is 10.2. The van der Waals surface area contributed by atoms with Gasteiger partial charge in [0.2, 0.25) is 0 Å². The highest BCUT2D eigenvalue weighted by Crippen LogP contribution is 2.13. The van der Waals surface area contributed by atoms with Crippen LogP contribution in [0.25, 0.3) is 0 Å². The Morgan fingerprint density at radius 1 is 0.600 bits per heavy atom. The minimum absolute atomic E-state index is 0.189. The van der Waals surface area contributed by atoms with Crippen molar-refractivity contribution in [2.24, 2.45) is 0 Å². The van der Waals surface area contributed by atoms with Crippen LogP contribution in [-0.4, -0.2) is 30.8 Å². The molecular formula is C23H20ClN3O3. The minimum atomic E-state index is -0.266. The summed E-state index contributed by atoms with van der Waals surface area (Å²) >= 11 is 5.82. The van der Waals surface area contributed by atoms with Crippen molar-refractivity contribution in [3.05, 3.63) is 101 Å². The standard InChI is InChI=1S/C23H20ClN3O3/c24-19-10-6-18(7-11-19)23(30)27-20-12-8-17(9-13-20)22(29)26-15-14-25-21(28)16-4-2-1-3-5-16/h1-13H,14-15H2,(H,25,28)(H,26,29)(H,27,30). The second-order valence-electron chi connectivity index (χ2n) is 6.42. The highest BCUT2D eigenvalue weighted by atomic mass is 35.5. The Bertz CT molecular complexity index is 1020. The molecule has 0 saturated heterocycles. The van der Waals surface area contributed by atoms with E-state index in [-0.39, 0.29) is 17.7 Å². The molecule has 0 heterocycles. The van der Waals surface area contributed by atoms with Gasteiger partial charge in [0.1, 0.15) is 0 Å². The van der Waals surface area contributed by atoms with Gasteiger partial charge in [-0.15, -0.1) is 0 Å². The Labute approximate surface area is 179 Å². The Hall–Kier alpha value is -3.64. The van der Waals surface area contributed by atoms with Crippen molar-refractivity contribution in [3.63, 3.8) is 0 Å². The number of anilines is 1. The SMILES string of the molecule is O=C(NCCNC(=O)c1ccc(NC(=O)c2ccc(Cl)cc2)cc1)c1ccccc1. The summed E-state index contributed by atoms with van der Waals surface area (Å²) in [6.07, 6.45) is 0. The summed E-state index contributed by atoms with van der Waals surface area (Å²) in [5.74, 6) is -0.719. The van der Waals surface area contributed by atoms with Crippen molar-refractivity contribution in [3.8, 4) is 0 Å². The van der Waals surface area contributed by atoms with Crippen LogP contribution in [-0.2, 0) is 0 Å². The van der Waals surface area contributed by atoms with E-state index in [1.165, 1.54) is 0 Å². The lowest BCUT2D eigenvalue weighted by molar-refractivity contribution is 0.0927. The van der Waals surface area contributed by atoms with Gasteiger partial charge in [-0.3, -0.25) is 14.4 Å². The van der Waals surface area contributed by atoms with Gasteiger partial charge in [-0.05, 0) is 60.7 Å². The zero-order chi connectivity index (χ0) is 21.3. The molecule has 3 aromatic carbocycles. The molecular weight excluding hydrogens is 402 g/mol. The van der Waals surface area contributed by atoms with Crippen LogP contribution >= 0.6 is 11.6 Å². The molecule has 0 aliphatic carbocycles. The molecule has 6 nitrogen and oxygen atoms in total. The first kappa shape index (κ1) is 21.1.